The molecule has 0 aliphatic rings. The Balaban J connectivity index is 2.69. The molecule has 0 saturated heterocycles. The Hall–Kier alpha value is -1.58. The van der Waals surface area contributed by atoms with E-state index in [9.17, 15) is 0 Å². The molecule has 0 fully saturated rings. The molecule has 0 radical (unpaired) electrons. The third kappa shape index (κ3) is 3.58. The summed E-state index contributed by atoms with van der Waals surface area (Å²) in [7, 11) is -1.51. The molecule has 15 heavy (non-hydrogen) atoms. The van der Waals surface area contributed by atoms with Crippen molar-refractivity contribution < 1.29 is 10.0 Å². The Bertz CT molecular complexity index is 380. The summed E-state index contributed by atoms with van der Waals surface area (Å²) in [5, 5.41) is 17.6. The fourth-order valence-corrected chi connectivity index (χ4v) is 1.04. The van der Waals surface area contributed by atoms with Crippen LogP contribution in [0.3, 0.4) is 0 Å². The predicted octanol–water partition coefficient (Wildman–Crippen LogP) is 1.82. The van der Waals surface area contributed by atoms with Gasteiger partial charge in [0.25, 0.3) is 0 Å². The second-order valence-electron chi connectivity index (χ2n) is 3.17. The van der Waals surface area contributed by atoms with E-state index in [0.29, 0.717) is 0 Å². The maximum absolute atomic E-state index is 8.78. The fraction of sp³-hybridized carbons (Fsp3) is 0. The minimum atomic E-state index is -1.51. The number of benzene rings is 1. The molecular weight excluding hydrogens is 187 g/mol. The van der Waals surface area contributed by atoms with Crippen molar-refractivity contribution in [2.45, 2.75) is 0 Å². The highest BCUT2D eigenvalue weighted by molar-refractivity contribution is 6.51. The first-order valence-electron chi connectivity index (χ1n) is 4.58. The second-order valence-corrected chi connectivity index (χ2v) is 3.17. The van der Waals surface area contributed by atoms with Gasteiger partial charge in [0.2, 0.25) is 0 Å². The summed E-state index contributed by atoms with van der Waals surface area (Å²) in [5.74, 6) is 0. The van der Waals surface area contributed by atoms with E-state index in [1.165, 1.54) is 0 Å². The van der Waals surface area contributed by atoms with E-state index in [-0.39, 0.29) is 5.47 Å². The Morgan fingerprint density at radius 3 is 2.20 bits per heavy atom. The average Bonchev–Trinajstić information content (AvgIpc) is 2.26. The third-order valence-electron chi connectivity index (χ3n) is 1.97. The average molecular weight is 200 g/mol. The first-order valence-corrected chi connectivity index (χ1v) is 4.58. The van der Waals surface area contributed by atoms with Crippen LogP contribution in [-0.2, 0) is 0 Å². The predicted molar refractivity (Wildman–Crippen MR) is 63.9 cm³/mol. The second kappa shape index (κ2) is 5.34. The molecule has 0 amide bonds. The van der Waals surface area contributed by atoms with Gasteiger partial charge in [0.05, 0.1) is 0 Å². The quantitative estimate of drug-likeness (QED) is 0.574. The maximum atomic E-state index is 8.78. The zero-order valence-electron chi connectivity index (χ0n) is 8.43. The van der Waals surface area contributed by atoms with Gasteiger partial charge in [-0.2, -0.15) is 0 Å². The summed E-state index contributed by atoms with van der Waals surface area (Å²) in [5.41, 5.74) is 2.04. The van der Waals surface area contributed by atoms with E-state index in [2.05, 4.69) is 13.2 Å². The van der Waals surface area contributed by atoms with Crippen molar-refractivity contribution in [2.75, 3.05) is 0 Å². The zero-order chi connectivity index (χ0) is 11.3. The van der Waals surface area contributed by atoms with Crippen LogP contribution in [0.4, 0.5) is 0 Å². The molecule has 0 aliphatic heterocycles. The van der Waals surface area contributed by atoms with Gasteiger partial charge >= 0.3 is 7.12 Å². The van der Waals surface area contributed by atoms with Crippen molar-refractivity contribution in [3.8, 4) is 0 Å². The molecule has 0 saturated carbocycles. The zero-order valence-corrected chi connectivity index (χ0v) is 8.43. The molecule has 0 spiro atoms. The van der Waals surface area contributed by atoms with Crippen molar-refractivity contribution in [3.63, 3.8) is 0 Å². The third-order valence-corrected chi connectivity index (χ3v) is 1.97. The molecule has 1 aromatic carbocycles. The van der Waals surface area contributed by atoms with Crippen molar-refractivity contribution >= 4 is 12.7 Å². The van der Waals surface area contributed by atoms with Crippen LogP contribution in [0, 0.1) is 0 Å². The lowest BCUT2D eigenvalue weighted by Gasteiger charge is -2.00. The lowest BCUT2D eigenvalue weighted by molar-refractivity contribution is 0.421. The van der Waals surface area contributed by atoms with Crippen molar-refractivity contribution in [1.82, 2.24) is 0 Å². The highest BCUT2D eigenvalue weighted by Gasteiger charge is 2.07. The standard InChI is InChI=1S/C12H13BO2/c1-10(8-9-11(2)13(14)15)12-6-4-3-5-7-12/h3-9,14-15H,1-2H2/b9-8-. The van der Waals surface area contributed by atoms with Crippen molar-refractivity contribution in [2.24, 2.45) is 0 Å². The Morgan fingerprint density at radius 2 is 1.67 bits per heavy atom. The van der Waals surface area contributed by atoms with Gasteiger partial charge in [-0.1, -0.05) is 55.6 Å². The SMILES string of the molecule is C=C(/C=C\C(=C)c1ccccc1)B(O)O. The summed E-state index contributed by atoms with van der Waals surface area (Å²) in [6.07, 6.45) is 3.25. The van der Waals surface area contributed by atoms with Gasteiger partial charge in [0.1, 0.15) is 0 Å². The van der Waals surface area contributed by atoms with Gasteiger partial charge in [0, 0.05) is 0 Å². The summed E-state index contributed by atoms with van der Waals surface area (Å²) in [6, 6.07) is 9.64. The molecule has 0 atom stereocenters. The molecule has 0 unspecified atom stereocenters. The van der Waals surface area contributed by atoms with Crippen LogP contribution in [0.15, 0.2) is 61.1 Å². The monoisotopic (exact) mass is 200 g/mol. The molecule has 1 aromatic rings. The summed E-state index contributed by atoms with van der Waals surface area (Å²) >= 11 is 0. The smallest absolute Gasteiger partial charge is 0.423 e. The Labute approximate surface area is 90.0 Å². The Morgan fingerprint density at radius 1 is 1.07 bits per heavy atom. The van der Waals surface area contributed by atoms with Gasteiger partial charge in [-0.15, -0.1) is 0 Å². The lowest BCUT2D eigenvalue weighted by atomic mass is 9.80. The van der Waals surface area contributed by atoms with Gasteiger partial charge in [-0.3, -0.25) is 0 Å². The van der Waals surface area contributed by atoms with Crippen LogP contribution in [0.1, 0.15) is 5.56 Å². The summed E-state index contributed by atoms with van der Waals surface area (Å²) < 4.78 is 0. The molecule has 1 rings (SSSR count). The number of hydrogen-bond donors (Lipinski definition) is 2. The highest BCUT2D eigenvalue weighted by Crippen LogP contribution is 2.13. The topological polar surface area (TPSA) is 40.5 Å². The first-order chi connectivity index (χ1) is 7.11. The molecule has 0 heterocycles. The number of hydrogen-bond acceptors (Lipinski definition) is 2. The summed E-state index contributed by atoms with van der Waals surface area (Å²) in [6.45, 7) is 7.36. The molecule has 3 heteroatoms. The molecule has 0 aromatic heterocycles. The largest absolute Gasteiger partial charge is 0.487 e. The van der Waals surface area contributed by atoms with E-state index in [4.69, 9.17) is 10.0 Å². The minimum absolute atomic E-state index is 0.243. The van der Waals surface area contributed by atoms with Crippen LogP contribution in [-0.4, -0.2) is 17.2 Å². The van der Waals surface area contributed by atoms with Crippen LogP contribution < -0.4 is 0 Å². The molecular formula is C12H13BO2. The van der Waals surface area contributed by atoms with Gasteiger partial charge < -0.3 is 10.0 Å². The van der Waals surface area contributed by atoms with Gasteiger partial charge in [-0.05, 0) is 16.6 Å². The first kappa shape index (κ1) is 11.5. The fourth-order valence-electron chi connectivity index (χ4n) is 1.04. The Kier molecular flexibility index (Phi) is 4.09. The van der Waals surface area contributed by atoms with E-state index >= 15 is 0 Å². The van der Waals surface area contributed by atoms with E-state index < -0.39 is 7.12 Å². The molecule has 0 bridgehead atoms. The maximum Gasteiger partial charge on any atom is 0.487 e. The minimum Gasteiger partial charge on any atom is -0.423 e. The van der Waals surface area contributed by atoms with E-state index in [1.807, 2.05) is 30.3 Å². The van der Waals surface area contributed by atoms with E-state index in [1.54, 1.807) is 12.2 Å². The van der Waals surface area contributed by atoms with Crippen molar-refractivity contribution in [3.05, 3.63) is 66.7 Å². The van der Waals surface area contributed by atoms with Crippen LogP contribution >= 0.6 is 0 Å². The normalized spacial score (nSPS) is 10.3. The molecule has 2 nitrogen and oxygen atoms in total. The number of allylic oxidation sites excluding steroid dienone is 4. The molecule has 0 aliphatic carbocycles. The number of rotatable bonds is 4. The molecule has 76 valence electrons. The van der Waals surface area contributed by atoms with Crippen molar-refractivity contribution in [1.29, 1.82) is 0 Å². The van der Waals surface area contributed by atoms with Crippen LogP contribution in [0.5, 0.6) is 0 Å². The van der Waals surface area contributed by atoms with Gasteiger partial charge in [0.15, 0.2) is 0 Å². The molecule has 2 N–H and O–H groups in total. The van der Waals surface area contributed by atoms with Gasteiger partial charge in [-0.25, -0.2) is 0 Å². The summed E-state index contributed by atoms with van der Waals surface area (Å²) in [4.78, 5) is 0. The van der Waals surface area contributed by atoms with Crippen LogP contribution in [0.25, 0.3) is 5.57 Å². The van der Waals surface area contributed by atoms with Crippen LogP contribution in [0.2, 0.25) is 0 Å². The lowest BCUT2D eigenvalue weighted by Crippen LogP contribution is -2.12. The van der Waals surface area contributed by atoms with E-state index in [0.717, 1.165) is 11.1 Å². The highest BCUT2D eigenvalue weighted by atomic mass is 16.4.